The maximum absolute atomic E-state index is 14.3. The molecule has 166 valence electrons. The van der Waals surface area contributed by atoms with Gasteiger partial charge in [-0.3, -0.25) is 0 Å². The smallest absolute Gasteiger partial charge is 0.439 e. The average molecular weight is 459 g/mol. The van der Waals surface area contributed by atoms with Gasteiger partial charge in [-0.15, -0.1) is 11.3 Å². The first-order chi connectivity index (χ1) is 15.2. The number of aliphatic hydroxyl groups is 1. The third kappa shape index (κ3) is 3.10. The molecule has 2 aliphatic rings. The molecule has 0 bridgehead atoms. The molecular weight excluding hydrogens is 439 g/mol. The number of nitrogens with zero attached hydrogens (tertiary/aromatic N) is 3. The molecule has 1 aliphatic carbocycles. The van der Waals surface area contributed by atoms with Crippen LogP contribution in [-0.4, -0.2) is 34.8 Å². The van der Waals surface area contributed by atoms with Gasteiger partial charge in [0.05, 0.1) is 24.4 Å². The van der Waals surface area contributed by atoms with Gasteiger partial charge < -0.3 is 9.84 Å². The molecule has 0 amide bonds. The lowest BCUT2D eigenvalue weighted by molar-refractivity contribution is -0.268. The van der Waals surface area contributed by atoms with Gasteiger partial charge in [-0.2, -0.15) is 23.3 Å². The van der Waals surface area contributed by atoms with Gasteiger partial charge in [0, 0.05) is 16.5 Å². The lowest BCUT2D eigenvalue weighted by Crippen LogP contribution is -2.60. The Balaban J connectivity index is 1.60. The summed E-state index contributed by atoms with van der Waals surface area (Å²) in [6.07, 6.45) is -4.43. The highest BCUT2D eigenvalue weighted by atomic mass is 32.1. The van der Waals surface area contributed by atoms with E-state index in [0.717, 1.165) is 28.0 Å². The first-order valence-electron chi connectivity index (χ1n) is 10.1. The molecule has 0 unspecified atom stereocenters. The average Bonchev–Trinajstić information content (AvgIpc) is 3.37. The van der Waals surface area contributed by atoms with Crippen molar-refractivity contribution < 1.29 is 23.0 Å². The molecular formula is C23H20F3N3O2S. The third-order valence-electron chi connectivity index (χ3n) is 6.08. The van der Waals surface area contributed by atoms with E-state index < -0.39 is 17.8 Å². The number of benzene rings is 2. The van der Waals surface area contributed by atoms with Gasteiger partial charge in [0.1, 0.15) is 5.75 Å². The van der Waals surface area contributed by atoms with Crippen molar-refractivity contribution in [3.05, 3.63) is 64.5 Å². The molecule has 0 radical (unpaired) electrons. The number of ether oxygens (including phenoxy) is 1. The fourth-order valence-electron chi connectivity index (χ4n) is 4.35. The van der Waals surface area contributed by atoms with E-state index in [1.54, 1.807) is 24.6 Å². The number of rotatable bonds is 3. The molecule has 1 aliphatic heterocycles. The lowest BCUT2D eigenvalue weighted by atomic mass is 9.77. The van der Waals surface area contributed by atoms with Crippen LogP contribution in [-0.2, 0) is 6.42 Å². The van der Waals surface area contributed by atoms with Crippen molar-refractivity contribution in [1.82, 2.24) is 4.98 Å². The predicted molar refractivity (Wildman–Crippen MR) is 117 cm³/mol. The molecule has 9 heteroatoms. The van der Waals surface area contributed by atoms with Gasteiger partial charge in [-0.05, 0) is 43.5 Å². The van der Waals surface area contributed by atoms with Crippen LogP contribution in [0.1, 0.15) is 23.1 Å². The van der Waals surface area contributed by atoms with E-state index in [1.807, 2.05) is 37.3 Å². The summed E-state index contributed by atoms with van der Waals surface area (Å²) in [6, 6.07) is 12.8. The third-order valence-corrected chi connectivity index (χ3v) is 6.89. The first-order valence-corrected chi connectivity index (χ1v) is 11.0. The van der Waals surface area contributed by atoms with Crippen molar-refractivity contribution in [2.45, 2.75) is 31.7 Å². The fraction of sp³-hybridized carbons (Fsp3) is 0.304. The molecule has 1 N–H and O–H groups in total. The van der Waals surface area contributed by atoms with E-state index >= 15 is 0 Å². The van der Waals surface area contributed by atoms with Crippen molar-refractivity contribution in [1.29, 1.82) is 0 Å². The minimum Gasteiger partial charge on any atom is -0.497 e. The van der Waals surface area contributed by atoms with Crippen LogP contribution in [0.5, 0.6) is 5.75 Å². The summed E-state index contributed by atoms with van der Waals surface area (Å²) in [6.45, 7) is 1.95. The Hall–Kier alpha value is -2.91. The molecule has 2 aromatic carbocycles. The Kier molecular flexibility index (Phi) is 4.79. The molecule has 2 heterocycles. The number of aryl methyl sites for hydroxylation is 2. The molecule has 5 nitrogen and oxygen atoms in total. The SMILES string of the molecule is COc1ccc2c(c1)CC[C@@H]1C2=NN(c2nc(-c3ccc(C)cc3)cs2)[C@@]1(O)C(F)(F)F. The van der Waals surface area contributed by atoms with E-state index in [9.17, 15) is 18.3 Å². The quantitative estimate of drug-likeness (QED) is 0.588. The number of aromatic nitrogens is 1. The van der Waals surface area contributed by atoms with E-state index in [-0.39, 0.29) is 17.3 Å². The number of hydrogen-bond donors (Lipinski definition) is 1. The number of thiazole rings is 1. The van der Waals surface area contributed by atoms with Crippen LogP contribution in [0, 0.1) is 12.8 Å². The summed E-state index contributed by atoms with van der Waals surface area (Å²) in [4.78, 5) is 4.40. The monoisotopic (exact) mass is 459 g/mol. The van der Waals surface area contributed by atoms with Gasteiger partial charge in [-0.25, -0.2) is 4.98 Å². The Bertz CT molecular complexity index is 1210. The van der Waals surface area contributed by atoms with Crippen LogP contribution in [0.2, 0.25) is 0 Å². The van der Waals surface area contributed by atoms with Gasteiger partial charge >= 0.3 is 6.18 Å². The molecule has 2 atom stereocenters. The number of halogens is 3. The number of anilines is 1. The van der Waals surface area contributed by atoms with Crippen LogP contribution < -0.4 is 9.75 Å². The highest BCUT2D eigenvalue weighted by molar-refractivity contribution is 7.14. The Morgan fingerprint density at radius 1 is 1.19 bits per heavy atom. The lowest BCUT2D eigenvalue weighted by Gasteiger charge is -2.38. The van der Waals surface area contributed by atoms with Crippen LogP contribution in [0.3, 0.4) is 0 Å². The van der Waals surface area contributed by atoms with Crippen molar-refractivity contribution in [2.75, 3.05) is 12.1 Å². The summed E-state index contributed by atoms with van der Waals surface area (Å²) >= 11 is 1.02. The number of alkyl halides is 3. The van der Waals surface area contributed by atoms with Crippen molar-refractivity contribution in [3.63, 3.8) is 0 Å². The molecule has 5 rings (SSSR count). The molecule has 0 saturated heterocycles. The zero-order valence-corrected chi connectivity index (χ0v) is 18.2. The largest absolute Gasteiger partial charge is 0.497 e. The maximum Gasteiger partial charge on any atom is 0.439 e. The van der Waals surface area contributed by atoms with E-state index in [1.165, 1.54) is 0 Å². The number of fused-ring (bicyclic) bond motifs is 3. The highest BCUT2D eigenvalue weighted by Crippen LogP contribution is 2.51. The first kappa shape index (κ1) is 21.0. The van der Waals surface area contributed by atoms with E-state index in [4.69, 9.17) is 4.74 Å². The summed E-state index contributed by atoms with van der Waals surface area (Å²) in [5, 5.41) is 17.7. The van der Waals surface area contributed by atoms with E-state index in [0.29, 0.717) is 28.4 Å². The standard InChI is InChI=1S/C23H20F3N3O2S/c1-13-3-5-14(6-4-13)19-12-32-21(27-19)29-22(30,23(24,25)26)18-10-7-15-11-16(31-2)8-9-17(15)20(18)28-29/h3-6,8-9,11-12,18,30H,7,10H2,1-2H3/t18-,22+/m1/s1. The van der Waals surface area contributed by atoms with Crippen LogP contribution in [0.4, 0.5) is 18.3 Å². The minimum absolute atomic E-state index is 0.00244. The van der Waals surface area contributed by atoms with Crippen molar-refractivity contribution in [2.24, 2.45) is 11.0 Å². The van der Waals surface area contributed by atoms with Crippen molar-refractivity contribution in [3.8, 4) is 17.0 Å². The van der Waals surface area contributed by atoms with Crippen LogP contribution in [0.25, 0.3) is 11.3 Å². The van der Waals surface area contributed by atoms with Gasteiger partial charge in [-0.1, -0.05) is 29.8 Å². The van der Waals surface area contributed by atoms with Gasteiger partial charge in [0.15, 0.2) is 0 Å². The van der Waals surface area contributed by atoms with Gasteiger partial charge in [0.2, 0.25) is 5.13 Å². The second-order valence-corrected chi connectivity index (χ2v) is 8.85. The second kappa shape index (κ2) is 7.31. The number of methoxy groups -OCH3 is 1. The second-order valence-electron chi connectivity index (χ2n) is 8.02. The molecule has 0 saturated carbocycles. The Morgan fingerprint density at radius 3 is 2.62 bits per heavy atom. The Morgan fingerprint density at radius 2 is 1.94 bits per heavy atom. The maximum atomic E-state index is 14.3. The molecule has 32 heavy (non-hydrogen) atoms. The Labute approximate surface area is 186 Å². The normalized spacial score (nSPS) is 22.4. The van der Waals surface area contributed by atoms with Gasteiger partial charge in [0.25, 0.3) is 5.72 Å². The van der Waals surface area contributed by atoms with Crippen LogP contribution in [0.15, 0.2) is 52.9 Å². The molecule has 3 aromatic rings. The molecule has 1 aromatic heterocycles. The summed E-state index contributed by atoms with van der Waals surface area (Å²) < 4.78 is 48.2. The predicted octanol–water partition coefficient (Wildman–Crippen LogP) is 5.16. The summed E-state index contributed by atoms with van der Waals surface area (Å²) in [5.74, 6) is -0.582. The number of hydrazone groups is 1. The minimum atomic E-state index is -4.93. The molecule has 0 fully saturated rings. The number of hydrogen-bond acceptors (Lipinski definition) is 6. The topological polar surface area (TPSA) is 58.0 Å². The van der Waals surface area contributed by atoms with E-state index in [2.05, 4.69) is 10.1 Å². The van der Waals surface area contributed by atoms with Crippen LogP contribution >= 0.6 is 11.3 Å². The zero-order valence-electron chi connectivity index (χ0n) is 17.3. The highest BCUT2D eigenvalue weighted by Gasteiger charge is 2.68. The summed E-state index contributed by atoms with van der Waals surface area (Å²) in [5.41, 5.74) is 0.905. The summed E-state index contributed by atoms with van der Waals surface area (Å²) in [7, 11) is 1.54. The fourth-order valence-corrected chi connectivity index (χ4v) is 5.19. The molecule has 0 spiro atoms. The zero-order chi connectivity index (χ0) is 22.7. The van der Waals surface area contributed by atoms with Crippen molar-refractivity contribution >= 4 is 22.2 Å².